The number of rotatable bonds is 5. The van der Waals surface area contributed by atoms with Crippen LogP contribution < -0.4 is 4.74 Å². The van der Waals surface area contributed by atoms with Gasteiger partial charge in [-0.3, -0.25) is 9.69 Å². The van der Waals surface area contributed by atoms with Crippen LogP contribution in [0, 0.1) is 5.92 Å². The van der Waals surface area contributed by atoms with E-state index in [4.69, 9.17) is 9.47 Å². The number of aromatic nitrogens is 1. The molecular weight excluding hydrogens is 328 g/mol. The number of piperidine rings is 1. The highest BCUT2D eigenvalue weighted by molar-refractivity contribution is 5.98. The number of pyridine rings is 1. The van der Waals surface area contributed by atoms with Crippen molar-refractivity contribution in [2.45, 2.75) is 31.5 Å². The van der Waals surface area contributed by atoms with Crippen LogP contribution in [0.25, 0.3) is 0 Å². The molecule has 136 valence electrons. The van der Waals surface area contributed by atoms with Gasteiger partial charge in [-0.2, -0.15) is 0 Å². The van der Waals surface area contributed by atoms with Crippen molar-refractivity contribution in [2.24, 2.45) is 5.92 Å². The molecule has 0 N–H and O–H groups in total. The molecule has 2 bridgehead atoms. The number of morpholine rings is 1. The third kappa shape index (κ3) is 3.50. The number of Topliss-reactive ketones (excluding diaryl/α,β-unsaturated/α-hetero) is 1. The van der Waals surface area contributed by atoms with Gasteiger partial charge < -0.3 is 9.47 Å². The predicted molar refractivity (Wildman–Crippen MR) is 98.2 cm³/mol. The molecular formula is C21H24N2O3. The molecule has 2 aromatic rings. The molecule has 1 aromatic carbocycles. The van der Waals surface area contributed by atoms with Crippen LogP contribution in [0.3, 0.4) is 0 Å². The van der Waals surface area contributed by atoms with Gasteiger partial charge in [0.1, 0.15) is 0 Å². The maximum Gasteiger partial charge on any atom is 0.213 e. The minimum absolute atomic E-state index is 0.0352. The van der Waals surface area contributed by atoms with E-state index < -0.39 is 0 Å². The lowest BCUT2D eigenvalue weighted by Gasteiger charge is -2.48. The Labute approximate surface area is 153 Å². The summed E-state index contributed by atoms with van der Waals surface area (Å²) in [5.41, 5.74) is 2.00. The number of ether oxygens (including phenoxy) is 2. The summed E-state index contributed by atoms with van der Waals surface area (Å²) >= 11 is 0. The third-order valence-electron chi connectivity index (χ3n) is 5.48. The zero-order valence-electron chi connectivity index (χ0n) is 15.0. The molecule has 0 saturated carbocycles. The second-order valence-electron chi connectivity index (χ2n) is 7.12. The molecule has 0 radical (unpaired) electrons. The van der Waals surface area contributed by atoms with Gasteiger partial charge in [-0.15, -0.1) is 0 Å². The fourth-order valence-electron chi connectivity index (χ4n) is 4.17. The second-order valence-corrected chi connectivity index (χ2v) is 7.12. The van der Waals surface area contributed by atoms with Gasteiger partial charge in [0, 0.05) is 42.4 Å². The zero-order chi connectivity index (χ0) is 17.9. The molecule has 5 heteroatoms. The van der Waals surface area contributed by atoms with Crippen molar-refractivity contribution in [3.05, 3.63) is 59.8 Å². The molecule has 5 nitrogen and oxygen atoms in total. The molecule has 0 spiro atoms. The number of hydrogen-bond acceptors (Lipinski definition) is 5. The maximum absolute atomic E-state index is 13.0. The van der Waals surface area contributed by atoms with Crippen molar-refractivity contribution in [3.63, 3.8) is 0 Å². The molecule has 3 heterocycles. The van der Waals surface area contributed by atoms with E-state index in [9.17, 15) is 4.79 Å². The lowest BCUT2D eigenvalue weighted by Crippen LogP contribution is -2.57. The smallest absolute Gasteiger partial charge is 0.213 e. The summed E-state index contributed by atoms with van der Waals surface area (Å²) in [4.78, 5) is 19.6. The topological polar surface area (TPSA) is 51.7 Å². The van der Waals surface area contributed by atoms with Crippen LogP contribution in [0.4, 0.5) is 0 Å². The highest BCUT2D eigenvalue weighted by Crippen LogP contribution is 2.34. The lowest BCUT2D eigenvalue weighted by molar-refractivity contribution is -0.0872. The van der Waals surface area contributed by atoms with Crippen molar-refractivity contribution < 1.29 is 14.3 Å². The Kier molecular flexibility index (Phi) is 5.00. The fraction of sp³-hybridized carbons (Fsp3) is 0.429. The van der Waals surface area contributed by atoms with Crippen molar-refractivity contribution in [1.29, 1.82) is 0 Å². The van der Waals surface area contributed by atoms with E-state index in [1.165, 1.54) is 5.56 Å². The van der Waals surface area contributed by atoms with Crippen molar-refractivity contribution in [1.82, 2.24) is 9.88 Å². The summed E-state index contributed by atoms with van der Waals surface area (Å²) in [5, 5.41) is 0. The van der Waals surface area contributed by atoms with E-state index in [2.05, 4.69) is 34.1 Å². The first kappa shape index (κ1) is 17.2. The van der Waals surface area contributed by atoms with E-state index in [0.717, 1.165) is 19.4 Å². The molecule has 2 atom stereocenters. The van der Waals surface area contributed by atoms with Crippen molar-refractivity contribution in [2.75, 3.05) is 20.3 Å². The first-order chi connectivity index (χ1) is 12.7. The van der Waals surface area contributed by atoms with Gasteiger partial charge in [0.2, 0.25) is 5.88 Å². The van der Waals surface area contributed by atoms with Crippen LogP contribution in [0.2, 0.25) is 0 Å². The first-order valence-corrected chi connectivity index (χ1v) is 9.16. The largest absolute Gasteiger partial charge is 0.481 e. The van der Waals surface area contributed by atoms with Gasteiger partial charge in [0.05, 0.1) is 20.3 Å². The number of hydrogen-bond donors (Lipinski definition) is 0. The van der Waals surface area contributed by atoms with E-state index in [0.29, 0.717) is 36.7 Å². The summed E-state index contributed by atoms with van der Waals surface area (Å²) < 4.78 is 11.0. The molecule has 0 amide bonds. The van der Waals surface area contributed by atoms with Crippen LogP contribution in [-0.2, 0) is 11.3 Å². The minimum atomic E-state index is 0.0352. The summed E-state index contributed by atoms with van der Waals surface area (Å²) in [6.45, 7) is 2.32. The fourth-order valence-corrected chi connectivity index (χ4v) is 4.17. The molecule has 2 aliphatic heterocycles. The predicted octanol–water partition coefficient (Wildman–Crippen LogP) is 2.95. The van der Waals surface area contributed by atoms with Gasteiger partial charge in [-0.25, -0.2) is 4.98 Å². The molecule has 4 rings (SSSR count). The number of ketones is 1. The first-order valence-electron chi connectivity index (χ1n) is 9.16. The van der Waals surface area contributed by atoms with Crippen molar-refractivity contribution in [3.8, 4) is 5.88 Å². The Balaban J connectivity index is 1.49. The summed E-state index contributed by atoms with van der Waals surface area (Å²) in [7, 11) is 1.57. The average Bonchev–Trinajstić information content (AvgIpc) is 2.68. The number of benzene rings is 1. The summed E-state index contributed by atoms with van der Waals surface area (Å²) in [5.74, 6) is 0.718. The lowest BCUT2D eigenvalue weighted by atomic mass is 9.80. The standard InChI is InChI=1S/C21H24N2O3/c1-25-20-11-16(7-8-22-20)21(24)17-9-18-13-26-14-19(10-17)23(18)12-15-5-3-2-4-6-15/h2-8,11,17-19H,9-10,12-14H2,1H3. The Morgan fingerprint density at radius 2 is 1.92 bits per heavy atom. The number of carbonyl (C=O) groups excluding carboxylic acids is 1. The minimum Gasteiger partial charge on any atom is -0.481 e. The SMILES string of the molecule is COc1cc(C(=O)C2CC3COCC(C2)N3Cc2ccccc2)ccn1. The second kappa shape index (κ2) is 7.56. The molecule has 2 aliphatic rings. The number of nitrogens with zero attached hydrogens (tertiary/aromatic N) is 2. The molecule has 2 saturated heterocycles. The highest BCUT2D eigenvalue weighted by atomic mass is 16.5. The van der Waals surface area contributed by atoms with Gasteiger partial charge in [0.15, 0.2) is 5.78 Å². The monoisotopic (exact) mass is 352 g/mol. The van der Waals surface area contributed by atoms with Gasteiger partial charge >= 0.3 is 0 Å². The zero-order valence-corrected chi connectivity index (χ0v) is 15.0. The van der Waals surface area contributed by atoms with Gasteiger partial charge in [0.25, 0.3) is 0 Å². The van der Waals surface area contributed by atoms with Crippen LogP contribution in [0.5, 0.6) is 5.88 Å². The molecule has 2 fully saturated rings. The van der Waals surface area contributed by atoms with E-state index in [1.807, 2.05) is 6.07 Å². The number of carbonyl (C=O) groups is 1. The Morgan fingerprint density at radius 3 is 2.62 bits per heavy atom. The summed E-state index contributed by atoms with van der Waals surface area (Å²) in [6.07, 6.45) is 3.32. The maximum atomic E-state index is 13.0. The highest BCUT2D eigenvalue weighted by Gasteiger charge is 2.41. The molecule has 2 unspecified atom stereocenters. The van der Waals surface area contributed by atoms with Crippen LogP contribution >= 0.6 is 0 Å². The van der Waals surface area contributed by atoms with Crippen molar-refractivity contribution >= 4 is 5.78 Å². The summed E-state index contributed by atoms with van der Waals surface area (Å²) in [6, 6.07) is 14.6. The normalized spacial score (nSPS) is 25.7. The Morgan fingerprint density at radius 1 is 1.19 bits per heavy atom. The van der Waals surface area contributed by atoms with Gasteiger partial charge in [-0.1, -0.05) is 30.3 Å². The molecule has 1 aromatic heterocycles. The quantitative estimate of drug-likeness (QED) is 0.775. The number of methoxy groups -OCH3 is 1. The third-order valence-corrected chi connectivity index (χ3v) is 5.48. The van der Waals surface area contributed by atoms with E-state index in [-0.39, 0.29) is 11.7 Å². The van der Waals surface area contributed by atoms with E-state index >= 15 is 0 Å². The molecule has 0 aliphatic carbocycles. The average molecular weight is 352 g/mol. The Hall–Kier alpha value is -2.24. The van der Waals surface area contributed by atoms with Crippen LogP contribution in [0.15, 0.2) is 48.7 Å². The number of fused-ring (bicyclic) bond motifs is 2. The van der Waals surface area contributed by atoms with Gasteiger partial charge in [-0.05, 0) is 24.5 Å². The molecule has 26 heavy (non-hydrogen) atoms. The van der Waals surface area contributed by atoms with Crippen LogP contribution in [-0.4, -0.2) is 48.1 Å². The van der Waals surface area contributed by atoms with Crippen LogP contribution in [0.1, 0.15) is 28.8 Å². The Bertz CT molecular complexity index is 751. The van der Waals surface area contributed by atoms with E-state index in [1.54, 1.807) is 25.4 Å².